The second-order valence-electron chi connectivity index (χ2n) is 5.36. The van der Waals surface area contributed by atoms with Gasteiger partial charge < -0.3 is 4.90 Å². The Kier molecular flexibility index (Phi) is 2.52. The van der Waals surface area contributed by atoms with Crippen molar-refractivity contribution in [3.63, 3.8) is 0 Å². The fourth-order valence-electron chi connectivity index (χ4n) is 2.78. The monoisotopic (exact) mass is 217 g/mol. The summed E-state index contributed by atoms with van der Waals surface area (Å²) in [7, 11) is 0. The standard InChI is InChI=1S/C15H23N/c1-8-9(2)11(4)15(12(5)10(8)3)16-13(6)14(16)7/h13-14H,1-7H3. The van der Waals surface area contributed by atoms with Crippen molar-refractivity contribution in [2.75, 3.05) is 4.90 Å². The number of hydrogen-bond acceptors (Lipinski definition) is 1. The van der Waals surface area contributed by atoms with Gasteiger partial charge in [0.1, 0.15) is 0 Å². The van der Waals surface area contributed by atoms with Crippen LogP contribution in [0.2, 0.25) is 0 Å². The molecule has 1 aliphatic rings. The molecule has 1 aromatic carbocycles. The van der Waals surface area contributed by atoms with Gasteiger partial charge in [0.25, 0.3) is 0 Å². The lowest BCUT2D eigenvalue weighted by Crippen LogP contribution is -2.07. The maximum absolute atomic E-state index is 2.55. The fourth-order valence-corrected chi connectivity index (χ4v) is 2.78. The summed E-state index contributed by atoms with van der Waals surface area (Å²) in [5, 5.41) is 0. The van der Waals surface area contributed by atoms with Crippen LogP contribution >= 0.6 is 0 Å². The molecule has 2 rings (SSSR count). The number of nitrogens with zero attached hydrogens (tertiary/aromatic N) is 1. The maximum atomic E-state index is 2.55. The van der Waals surface area contributed by atoms with E-state index in [4.69, 9.17) is 0 Å². The normalized spacial score (nSPS) is 23.8. The highest BCUT2D eigenvalue weighted by Gasteiger charge is 2.41. The third kappa shape index (κ3) is 1.37. The first-order valence-corrected chi connectivity index (χ1v) is 6.23. The molecule has 2 unspecified atom stereocenters. The smallest absolute Gasteiger partial charge is 0.0466 e. The molecule has 0 spiro atoms. The number of benzene rings is 1. The van der Waals surface area contributed by atoms with Crippen LogP contribution in [0.4, 0.5) is 5.69 Å². The quantitative estimate of drug-likeness (QED) is 0.646. The first-order chi connectivity index (χ1) is 7.37. The highest BCUT2D eigenvalue weighted by atomic mass is 15.3. The summed E-state index contributed by atoms with van der Waals surface area (Å²) in [6.07, 6.45) is 0. The Bertz CT molecular complexity index is 408. The van der Waals surface area contributed by atoms with E-state index in [-0.39, 0.29) is 0 Å². The van der Waals surface area contributed by atoms with E-state index in [0.717, 1.165) is 0 Å². The minimum atomic E-state index is 0.707. The van der Waals surface area contributed by atoms with Gasteiger partial charge in [-0.3, -0.25) is 0 Å². The maximum Gasteiger partial charge on any atom is 0.0466 e. The molecule has 16 heavy (non-hydrogen) atoms. The molecule has 0 radical (unpaired) electrons. The van der Waals surface area contributed by atoms with Crippen LogP contribution in [0.5, 0.6) is 0 Å². The molecule has 1 heteroatoms. The summed E-state index contributed by atoms with van der Waals surface area (Å²) in [5.41, 5.74) is 8.81. The molecule has 1 heterocycles. The molecule has 1 fully saturated rings. The second-order valence-corrected chi connectivity index (χ2v) is 5.36. The van der Waals surface area contributed by atoms with Crippen LogP contribution in [0.1, 0.15) is 41.7 Å². The molecule has 0 bridgehead atoms. The Labute approximate surface area is 99.5 Å². The van der Waals surface area contributed by atoms with Crippen molar-refractivity contribution in [2.24, 2.45) is 0 Å². The zero-order valence-corrected chi connectivity index (χ0v) is 11.6. The van der Waals surface area contributed by atoms with Crippen molar-refractivity contribution < 1.29 is 0 Å². The zero-order valence-electron chi connectivity index (χ0n) is 11.6. The van der Waals surface area contributed by atoms with Gasteiger partial charge >= 0.3 is 0 Å². The van der Waals surface area contributed by atoms with Crippen molar-refractivity contribution in [1.82, 2.24) is 0 Å². The van der Waals surface area contributed by atoms with Gasteiger partial charge in [-0.05, 0) is 76.3 Å². The zero-order chi connectivity index (χ0) is 12.2. The van der Waals surface area contributed by atoms with Gasteiger partial charge in [0.05, 0.1) is 0 Å². The molecule has 1 saturated heterocycles. The topological polar surface area (TPSA) is 3.01 Å². The Hall–Kier alpha value is -0.980. The predicted molar refractivity (Wildman–Crippen MR) is 71.5 cm³/mol. The van der Waals surface area contributed by atoms with Crippen molar-refractivity contribution in [1.29, 1.82) is 0 Å². The van der Waals surface area contributed by atoms with Crippen LogP contribution in [-0.4, -0.2) is 12.1 Å². The van der Waals surface area contributed by atoms with Crippen LogP contribution in [-0.2, 0) is 0 Å². The molecule has 1 aromatic rings. The lowest BCUT2D eigenvalue weighted by atomic mass is 9.93. The van der Waals surface area contributed by atoms with Gasteiger partial charge in [-0.25, -0.2) is 0 Å². The second kappa shape index (κ2) is 3.51. The molecule has 1 nitrogen and oxygen atoms in total. The van der Waals surface area contributed by atoms with Crippen LogP contribution in [0.15, 0.2) is 0 Å². The highest BCUT2D eigenvalue weighted by molar-refractivity contribution is 5.70. The van der Waals surface area contributed by atoms with Crippen molar-refractivity contribution >= 4 is 5.69 Å². The molecule has 0 aromatic heterocycles. The molecule has 0 aliphatic carbocycles. The van der Waals surface area contributed by atoms with E-state index in [0.29, 0.717) is 12.1 Å². The number of hydrogen-bond donors (Lipinski definition) is 0. The van der Waals surface area contributed by atoms with Gasteiger partial charge in [-0.1, -0.05) is 0 Å². The van der Waals surface area contributed by atoms with E-state index < -0.39 is 0 Å². The summed E-state index contributed by atoms with van der Waals surface area (Å²) in [6.45, 7) is 15.9. The molecule has 2 atom stereocenters. The first-order valence-electron chi connectivity index (χ1n) is 6.23. The van der Waals surface area contributed by atoms with Gasteiger partial charge in [0, 0.05) is 17.8 Å². The molecule has 88 valence electrons. The third-order valence-corrected chi connectivity index (χ3v) is 4.70. The summed E-state index contributed by atoms with van der Waals surface area (Å²) >= 11 is 0. The fraction of sp³-hybridized carbons (Fsp3) is 0.600. The van der Waals surface area contributed by atoms with Crippen LogP contribution in [0.25, 0.3) is 0 Å². The van der Waals surface area contributed by atoms with Gasteiger partial charge in [0.2, 0.25) is 0 Å². The van der Waals surface area contributed by atoms with Gasteiger partial charge in [-0.15, -0.1) is 0 Å². The largest absolute Gasteiger partial charge is 0.362 e. The highest BCUT2D eigenvalue weighted by Crippen LogP contribution is 2.42. The van der Waals surface area contributed by atoms with E-state index in [1.54, 1.807) is 0 Å². The van der Waals surface area contributed by atoms with Crippen LogP contribution in [0.3, 0.4) is 0 Å². The minimum Gasteiger partial charge on any atom is -0.362 e. The average Bonchev–Trinajstić information content (AvgIpc) is 2.83. The molecule has 1 aliphatic heterocycles. The third-order valence-electron chi connectivity index (χ3n) is 4.70. The van der Waals surface area contributed by atoms with E-state index in [1.807, 2.05) is 0 Å². The SMILES string of the molecule is Cc1c(C)c(C)c(N2C(C)C2C)c(C)c1C. The molecule has 0 saturated carbocycles. The van der Waals surface area contributed by atoms with Crippen molar-refractivity contribution in [2.45, 2.75) is 60.5 Å². The lowest BCUT2D eigenvalue weighted by Gasteiger charge is -2.20. The Morgan fingerprint density at radius 2 is 0.938 bits per heavy atom. The van der Waals surface area contributed by atoms with Crippen molar-refractivity contribution in [3.8, 4) is 0 Å². The van der Waals surface area contributed by atoms with Gasteiger partial charge in [-0.2, -0.15) is 0 Å². The molecular formula is C15H23N. The minimum absolute atomic E-state index is 0.707. The summed E-state index contributed by atoms with van der Waals surface area (Å²) in [6, 6.07) is 1.41. The number of anilines is 1. The lowest BCUT2D eigenvalue weighted by molar-refractivity contribution is 1.05. The van der Waals surface area contributed by atoms with Gasteiger partial charge in [0.15, 0.2) is 0 Å². The van der Waals surface area contributed by atoms with Crippen LogP contribution < -0.4 is 4.90 Å². The van der Waals surface area contributed by atoms with E-state index in [1.165, 1.54) is 33.5 Å². The summed E-state index contributed by atoms with van der Waals surface area (Å²) < 4.78 is 0. The number of rotatable bonds is 1. The first kappa shape index (κ1) is 11.5. The predicted octanol–water partition coefficient (Wildman–Crippen LogP) is 3.83. The summed E-state index contributed by atoms with van der Waals surface area (Å²) in [5.74, 6) is 0. The Balaban J connectivity index is 2.62. The molecule has 0 amide bonds. The van der Waals surface area contributed by atoms with Crippen LogP contribution in [0, 0.1) is 34.6 Å². The Morgan fingerprint density at radius 1 is 0.625 bits per heavy atom. The van der Waals surface area contributed by atoms with Crippen molar-refractivity contribution in [3.05, 3.63) is 27.8 Å². The molecule has 0 N–H and O–H groups in total. The van der Waals surface area contributed by atoms with E-state index in [2.05, 4.69) is 53.4 Å². The van der Waals surface area contributed by atoms with E-state index in [9.17, 15) is 0 Å². The Morgan fingerprint density at radius 3 is 1.25 bits per heavy atom. The van der Waals surface area contributed by atoms with E-state index >= 15 is 0 Å². The average molecular weight is 217 g/mol. The summed E-state index contributed by atoms with van der Waals surface area (Å²) in [4.78, 5) is 2.55. The molecular weight excluding hydrogens is 194 g/mol.